The summed E-state index contributed by atoms with van der Waals surface area (Å²) >= 11 is 0. The van der Waals surface area contributed by atoms with Crippen LogP contribution < -0.4 is 4.74 Å². The molecule has 0 aliphatic heterocycles. The molecule has 0 spiro atoms. The van der Waals surface area contributed by atoms with Crippen molar-refractivity contribution in [2.75, 3.05) is 13.2 Å². The van der Waals surface area contributed by atoms with E-state index in [0.29, 0.717) is 5.56 Å². The van der Waals surface area contributed by atoms with Gasteiger partial charge < -0.3 is 14.2 Å². The Bertz CT molecular complexity index is 478. The summed E-state index contributed by atoms with van der Waals surface area (Å²) in [6.07, 6.45) is 0.0445. The number of carbonyl (C=O) groups is 2. The summed E-state index contributed by atoms with van der Waals surface area (Å²) in [7, 11) is 0. The van der Waals surface area contributed by atoms with Crippen LogP contribution in [0.2, 0.25) is 0 Å². The van der Waals surface area contributed by atoms with E-state index in [1.165, 1.54) is 0 Å². The standard InChI is InChI=1S/C17H24O5/c1-5-20-16(18)11-15(17(19)21-6-2)13-7-9-14(10-8-13)22-12(3)4/h7-10,12,15H,5-6,11H2,1-4H3. The second-order valence-electron chi connectivity index (χ2n) is 5.05. The molecule has 1 atom stereocenters. The molecule has 5 heteroatoms. The van der Waals surface area contributed by atoms with Crippen LogP contribution in [-0.2, 0) is 19.1 Å². The van der Waals surface area contributed by atoms with E-state index in [1.807, 2.05) is 13.8 Å². The highest BCUT2D eigenvalue weighted by molar-refractivity contribution is 5.84. The third-order valence-corrected chi connectivity index (χ3v) is 2.90. The second-order valence-corrected chi connectivity index (χ2v) is 5.05. The molecule has 0 N–H and O–H groups in total. The number of ether oxygens (including phenoxy) is 3. The molecule has 122 valence electrons. The predicted octanol–water partition coefficient (Wildman–Crippen LogP) is 3.07. The summed E-state index contributed by atoms with van der Waals surface area (Å²) in [5.41, 5.74) is 0.711. The molecular formula is C17H24O5. The van der Waals surface area contributed by atoms with Gasteiger partial charge in [-0.05, 0) is 45.4 Å². The van der Waals surface area contributed by atoms with Crippen molar-refractivity contribution in [3.05, 3.63) is 29.8 Å². The van der Waals surface area contributed by atoms with Gasteiger partial charge in [-0.1, -0.05) is 12.1 Å². The SMILES string of the molecule is CCOC(=O)CC(C(=O)OCC)c1ccc(OC(C)C)cc1. The molecule has 1 aromatic carbocycles. The highest BCUT2D eigenvalue weighted by Crippen LogP contribution is 2.25. The Hall–Kier alpha value is -2.04. The lowest BCUT2D eigenvalue weighted by Crippen LogP contribution is -2.20. The molecule has 22 heavy (non-hydrogen) atoms. The molecule has 1 rings (SSSR count). The van der Waals surface area contributed by atoms with E-state index < -0.39 is 17.9 Å². The lowest BCUT2D eigenvalue weighted by atomic mass is 9.95. The van der Waals surface area contributed by atoms with Gasteiger partial charge in [-0.15, -0.1) is 0 Å². The summed E-state index contributed by atoms with van der Waals surface area (Å²) in [6.45, 7) is 7.91. The topological polar surface area (TPSA) is 61.8 Å². The van der Waals surface area contributed by atoms with Crippen molar-refractivity contribution in [3.63, 3.8) is 0 Å². The third kappa shape index (κ3) is 5.76. The fraction of sp³-hybridized carbons (Fsp3) is 0.529. The lowest BCUT2D eigenvalue weighted by Gasteiger charge is -2.16. The summed E-state index contributed by atoms with van der Waals surface area (Å²) < 4.78 is 15.6. The monoisotopic (exact) mass is 308 g/mol. The molecule has 1 unspecified atom stereocenters. The maximum Gasteiger partial charge on any atom is 0.313 e. The number of hydrogen-bond donors (Lipinski definition) is 0. The van der Waals surface area contributed by atoms with E-state index >= 15 is 0 Å². The van der Waals surface area contributed by atoms with E-state index in [9.17, 15) is 9.59 Å². The Morgan fingerprint density at radius 1 is 1.00 bits per heavy atom. The summed E-state index contributed by atoms with van der Waals surface area (Å²) in [6, 6.07) is 7.12. The molecule has 0 aliphatic rings. The Balaban J connectivity index is 2.89. The van der Waals surface area contributed by atoms with Crippen LogP contribution in [0.25, 0.3) is 0 Å². The number of benzene rings is 1. The smallest absolute Gasteiger partial charge is 0.313 e. The number of hydrogen-bond acceptors (Lipinski definition) is 5. The van der Waals surface area contributed by atoms with Crippen molar-refractivity contribution in [3.8, 4) is 5.75 Å². The molecule has 0 bridgehead atoms. The van der Waals surface area contributed by atoms with Gasteiger partial charge in [0, 0.05) is 0 Å². The first-order chi connectivity index (χ1) is 10.5. The minimum atomic E-state index is -0.660. The van der Waals surface area contributed by atoms with Crippen molar-refractivity contribution >= 4 is 11.9 Å². The van der Waals surface area contributed by atoms with Gasteiger partial charge in [-0.2, -0.15) is 0 Å². The van der Waals surface area contributed by atoms with Gasteiger partial charge in [0.25, 0.3) is 0 Å². The van der Waals surface area contributed by atoms with Crippen LogP contribution >= 0.6 is 0 Å². The normalized spacial score (nSPS) is 11.9. The van der Waals surface area contributed by atoms with E-state index in [-0.39, 0.29) is 25.7 Å². The average Bonchev–Trinajstić information content (AvgIpc) is 2.46. The van der Waals surface area contributed by atoms with E-state index in [2.05, 4.69) is 0 Å². The molecule has 0 aliphatic carbocycles. The summed E-state index contributed by atoms with van der Waals surface area (Å²) in [4.78, 5) is 23.8. The van der Waals surface area contributed by atoms with Gasteiger partial charge in [0.05, 0.1) is 31.7 Å². The maximum absolute atomic E-state index is 12.1. The fourth-order valence-corrected chi connectivity index (χ4v) is 2.02. The van der Waals surface area contributed by atoms with Gasteiger partial charge in [-0.3, -0.25) is 9.59 Å². The number of esters is 2. The molecule has 0 aromatic heterocycles. The summed E-state index contributed by atoms with van der Waals surface area (Å²) in [5, 5.41) is 0. The highest BCUT2D eigenvalue weighted by Gasteiger charge is 2.25. The second kappa shape index (κ2) is 9.07. The molecule has 0 heterocycles. The maximum atomic E-state index is 12.1. The molecule has 1 aromatic rings. The zero-order valence-electron chi connectivity index (χ0n) is 13.6. The molecule has 5 nitrogen and oxygen atoms in total. The van der Waals surface area contributed by atoms with Crippen LogP contribution in [0.15, 0.2) is 24.3 Å². The van der Waals surface area contributed by atoms with Crippen LogP contribution in [-0.4, -0.2) is 31.3 Å². The van der Waals surface area contributed by atoms with Crippen molar-refractivity contribution in [1.82, 2.24) is 0 Å². The first kappa shape index (κ1) is 18.0. The first-order valence-corrected chi connectivity index (χ1v) is 7.56. The zero-order valence-corrected chi connectivity index (χ0v) is 13.6. The summed E-state index contributed by atoms with van der Waals surface area (Å²) in [5.74, 6) is -0.777. The van der Waals surface area contributed by atoms with Crippen molar-refractivity contribution in [1.29, 1.82) is 0 Å². The molecule has 0 radical (unpaired) electrons. The van der Waals surface area contributed by atoms with Crippen molar-refractivity contribution in [2.45, 2.75) is 46.1 Å². The van der Waals surface area contributed by atoms with Gasteiger partial charge in [0.1, 0.15) is 5.75 Å². The van der Waals surface area contributed by atoms with Gasteiger partial charge in [-0.25, -0.2) is 0 Å². The molecule has 0 fully saturated rings. The molecule has 0 saturated heterocycles. The number of rotatable bonds is 8. The van der Waals surface area contributed by atoms with Crippen LogP contribution in [0, 0.1) is 0 Å². The molecule has 0 saturated carbocycles. The first-order valence-electron chi connectivity index (χ1n) is 7.56. The van der Waals surface area contributed by atoms with Gasteiger partial charge in [0.15, 0.2) is 0 Å². The minimum absolute atomic E-state index is 0.0307. The Kier molecular flexibility index (Phi) is 7.43. The fourth-order valence-electron chi connectivity index (χ4n) is 2.02. The van der Waals surface area contributed by atoms with Gasteiger partial charge in [0.2, 0.25) is 0 Å². The quantitative estimate of drug-likeness (QED) is 0.691. The van der Waals surface area contributed by atoms with Crippen LogP contribution in [0.1, 0.15) is 45.6 Å². The van der Waals surface area contributed by atoms with E-state index in [1.54, 1.807) is 38.1 Å². The Morgan fingerprint density at radius 3 is 2.09 bits per heavy atom. The van der Waals surface area contributed by atoms with Crippen molar-refractivity contribution in [2.24, 2.45) is 0 Å². The molecular weight excluding hydrogens is 284 g/mol. The average molecular weight is 308 g/mol. The Labute approximate surface area is 131 Å². The van der Waals surface area contributed by atoms with Crippen LogP contribution in [0.5, 0.6) is 5.75 Å². The minimum Gasteiger partial charge on any atom is -0.491 e. The van der Waals surface area contributed by atoms with E-state index in [4.69, 9.17) is 14.2 Å². The Morgan fingerprint density at radius 2 is 1.59 bits per heavy atom. The number of carbonyl (C=O) groups excluding carboxylic acids is 2. The zero-order chi connectivity index (χ0) is 16.5. The predicted molar refractivity (Wildman–Crippen MR) is 82.8 cm³/mol. The van der Waals surface area contributed by atoms with Crippen LogP contribution in [0.4, 0.5) is 0 Å². The molecule has 0 amide bonds. The lowest BCUT2D eigenvalue weighted by molar-refractivity contribution is -0.151. The van der Waals surface area contributed by atoms with Gasteiger partial charge >= 0.3 is 11.9 Å². The van der Waals surface area contributed by atoms with Crippen LogP contribution in [0.3, 0.4) is 0 Å². The highest BCUT2D eigenvalue weighted by atomic mass is 16.5. The largest absolute Gasteiger partial charge is 0.491 e. The van der Waals surface area contributed by atoms with E-state index in [0.717, 1.165) is 5.75 Å². The van der Waals surface area contributed by atoms with Crippen molar-refractivity contribution < 1.29 is 23.8 Å². The third-order valence-electron chi connectivity index (χ3n) is 2.90.